The van der Waals surface area contributed by atoms with E-state index in [1.54, 1.807) is 0 Å². The van der Waals surface area contributed by atoms with E-state index in [4.69, 9.17) is 0 Å². The summed E-state index contributed by atoms with van der Waals surface area (Å²) in [7, 11) is 0. The van der Waals surface area contributed by atoms with Crippen LogP contribution < -0.4 is 5.11 Å². The molecule has 0 aromatic heterocycles. The van der Waals surface area contributed by atoms with Crippen molar-refractivity contribution in [1.29, 1.82) is 0 Å². The molecular formula is C6H2BrFNO3-. The Labute approximate surface area is 74.9 Å². The van der Waals surface area contributed by atoms with Crippen molar-refractivity contribution in [2.45, 2.75) is 0 Å². The first-order valence-corrected chi connectivity index (χ1v) is 3.62. The Balaban J connectivity index is 3.33. The van der Waals surface area contributed by atoms with Crippen LogP contribution in [0.15, 0.2) is 16.6 Å². The van der Waals surface area contributed by atoms with Crippen LogP contribution in [-0.2, 0) is 0 Å². The van der Waals surface area contributed by atoms with Crippen LogP contribution in [0, 0.1) is 15.9 Å². The monoisotopic (exact) mass is 234 g/mol. The van der Waals surface area contributed by atoms with Crippen molar-refractivity contribution in [2.75, 3.05) is 0 Å². The van der Waals surface area contributed by atoms with Crippen molar-refractivity contribution in [3.8, 4) is 5.75 Å². The summed E-state index contributed by atoms with van der Waals surface area (Å²) in [4.78, 5) is 9.44. The fourth-order valence-electron chi connectivity index (χ4n) is 0.658. The molecule has 12 heavy (non-hydrogen) atoms. The van der Waals surface area contributed by atoms with Gasteiger partial charge in [-0.05, 0) is 22.0 Å². The molecule has 0 atom stereocenters. The molecule has 0 aliphatic rings. The highest BCUT2D eigenvalue weighted by atomic mass is 79.9. The molecular weight excluding hydrogens is 233 g/mol. The van der Waals surface area contributed by atoms with Crippen LogP contribution in [0.3, 0.4) is 0 Å². The second-order valence-corrected chi connectivity index (χ2v) is 2.85. The van der Waals surface area contributed by atoms with Gasteiger partial charge in [-0.15, -0.1) is 0 Å². The number of rotatable bonds is 1. The molecule has 0 amide bonds. The van der Waals surface area contributed by atoms with Crippen molar-refractivity contribution < 1.29 is 14.4 Å². The second-order valence-electron chi connectivity index (χ2n) is 1.99. The van der Waals surface area contributed by atoms with E-state index in [9.17, 15) is 19.6 Å². The fraction of sp³-hybridized carbons (Fsp3) is 0. The number of halogens is 2. The molecule has 0 radical (unpaired) electrons. The van der Waals surface area contributed by atoms with E-state index in [1.165, 1.54) is 0 Å². The van der Waals surface area contributed by atoms with E-state index in [2.05, 4.69) is 15.9 Å². The fourth-order valence-corrected chi connectivity index (χ4v) is 1.12. The third-order valence-electron chi connectivity index (χ3n) is 1.20. The van der Waals surface area contributed by atoms with Crippen molar-refractivity contribution in [1.82, 2.24) is 0 Å². The summed E-state index contributed by atoms with van der Waals surface area (Å²) in [6.07, 6.45) is 0. The predicted octanol–water partition coefficient (Wildman–Crippen LogP) is 1.57. The normalized spacial score (nSPS) is 9.83. The summed E-state index contributed by atoms with van der Waals surface area (Å²) in [5.74, 6) is -1.99. The van der Waals surface area contributed by atoms with Crippen LogP contribution in [0.4, 0.5) is 10.1 Å². The molecule has 0 aliphatic carbocycles. The first-order valence-electron chi connectivity index (χ1n) is 2.83. The molecule has 1 aromatic rings. The van der Waals surface area contributed by atoms with Gasteiger partial charge in [0, 0.05) is 6.07 Å². The molecule has 0 spiro atoms. The summed E-state index contributed by atoms with van der Waals surface area (Å²) in [6, 6.07) is 1.42. The van der Waals surface area contributed by atoms with E-state index in [1.807, 2.05) is 0 Å². The average Bonchev–Trinajstić information content (AvgIpc) is 1.96. The lowest BCUT2D eigenvalue weighted by atomic mass is 10.3. The molecule has 4 nitrogen and oxygen atoms in total. The van der Waals surface area contributed by atoms with E-state index < -0.39 is 22.2 Å². The van der Waals surface area contributed by atoms with Crippen LogP contribution in [0.25, 0.3) is 0 Å². The lowest BCUT2D eigenvalue weighted by Crippen LogP contribution is -1.97. The Morgan fingerprint density at radius 3 is 2.58 bits per heavy atom. The molecule has 1 aromatic carbocycles. The van der Waals surface area contributed by atoms with Crippen LogP contribution in [0.1, 0.15) is 0 Å². The number of nitrogens with zero attached hydrogens (tertiary/aromatic N) is 1. The maximum atomic E-state index is 12.5. The SMILES string of the molecule is O=[N+]([O-])c1cc([O-])c(F)cc1Br. The minimum Gasteiger partial charge on any atom is -0.870 e. The highest BCUT2D eigenvalue weighted by Crippen LogP contribution is 2.29. The van der Waals surface area contributed by atoms with E-state index in [-0.39, 0.29) is 4.47 Å². The van der Waals surface area contributed by atoms with Crippen LogP contribution in [-0.4, -0.2) is 4.92 Å². The topological polar surface area (TPSA) is 66.2 Å². The Morgan fingerprint density at radius 1 is 1.50 bits per heavy atom. The van der Waals surface area contributed by atoms with Gasteiger partial charge in [0.1, 0.15) is 5.82 Å². The van der Waals surface area contributed by atoms with Crippen molar-refractivity contribution in [2.24, 2.45) is 0 Å². The van der Waals surface area contributed by atoms with Gasteiger partial charge in [-0.1, -0.05) is 5.75 Å². The number of nitro benzene ring substituents is 1. The summed E-state index contributed by atoms with van der Waals surface area (Å²) in [5.41, 5.74) is -0.429. The molecule has 64 valence electrons. The van der Waals surface area contributed by atoms with Gasteiger partial charge in [-0.3, -0.25) is 10.1 Å². The third-order valence-corrected chi connectivity index (χ3v) is 1.83. The number of nitro groups is 1. The third kappa shape index (κ3) is 1.53. The zero-order valence-corrected chi connectivity index (χ0v) is 7.17. The van der Waals surface area contributed by atoms with E-state index >= 15 is 0 Å². The maximum Gasteiger partial charge on any atom is 0.283 e. The quantitative estimate of drug-likeness (QED) is 0.548. The molecule has 6 heteroatoms. The van der Waals surface area contributed by atoms with E-state index in [0.29, 0.717) is 6.07 Å². The lowest BCUT2D eigenvalue weighted by molar-refractivity contribution is -0.386. The molecule has 0 saturated heterocycles. The highest BCUT2D eigenvalue weighted by molar-refractivity contribution is 9.10. The largest absolute Gasteiger partial charge is 0.870 e. The van der Waals surface area contributed by atoms with Crippen molar-refractivity contribution in [3.63, 3.8) is 0 Å². The number of hydrogen-bond acceptors (Lipinski definition) is 3. The Kier molecular flexibility index (Phi) is 2.27. The maximum absolute atomic E-state index is 12.5. The molecule has 0 aliphatic heterocycles. The average molecular weight is 235 g/mol. The molecule has 0 bridgehead atoms. The zero-order chi connectivity index (χ0) is 9.30. The van der Waals surface area contributed by atoms with Gasteiger partial charge in [-0.25, -0.2) is 4.39 Å². The first kappa shape index (κ1) is 8.92. The molecule has 0 unspecified atom stereocenters. The standard InChI is InChI=1S/C6H3BrFNO3/c7-3-1-4(8)6(10)2-5(3)9(11)12/h1-2,10H/p-1. The van der Waals surface area contributed by atoms with Crippen molar-refractivity contribution >= 4 is 21.6 Å². The highest BCUT2D eigenvalue weighted by Gasteiger charge is 2.12. The second kappa shape index (κ2) is 3.06. The van der Waals surface area contributed by atoms with Gasteiger partial charge >= 0.3 is 0 Å². The first-order chi connectivity index (χ1) is 5.52. The Morgan fingerprint density at radius 2 is 2.08 bits per heavy atom. The minimum atomic E-state index is -1.01. The van der Waals surface area contributed by atoms with Gasteiger partial charge in [0.15, 0.2) is 0 Å². The van der Waals surface area contributed by atoms with Crippen LogP contribution in [0.2, 0.25) is 0 Å². The predicted molar refractivity (Wildman–Crippen MR) is 40.2 cm³/mol. The van der Waals surface area contributed by atoms with E-state index in [0.717, 1.165) is 6.07 Å². The summed E-state index contributed by atoms with van der Waals surface area (Å²) >= 11 is 2.76. The van der Waals surface area contributed by atoms with Gasteiger partial charge in [0.05, 0.1) is 9.40 Å². The summed E-state index contributed by atoms with van der Waals surface area (Å²) in [6.45, 7) is 0. The molecule has 1 rings (SSSR count). The number of benzene rings is 1. The summed E-state index contributed by atoms with van der Waals surface area (Å²) < 4.78 is 12.4. The summed E-state index contributed by atoms with van der Waals surface area (Å²) in [5, 5.41) is 20.8. The van der Waals surface area contributed by atoms with Crippen LogP contribution in [0.5, 0.6) is 5.75 Å². The Bertz CT molecular complexity index is 342. The molecule has 0 fully saturated rings. The lowest BCUT2D eigenvalue weighted by Gasteiger charge is -2.06. The smallest absolute Gasteiger partial charge is 0.283 e. The molecule has 0 heterocycles. The Hall–Kier alpha value is -1.17. The van der Waals surface area contributed by atoms with Gasteiger partial charge in [0.25, 0.3) is 5.69 Å². The van der Waals surface area contributed by atoms with Crippen LogP contribution >= 0.6 is 15.9 Å². The van der Waals surface area contributed by atoms with Gasteiger partial charge in [-0.2, -0.15) is 0 Å². The van der Waals surface area contributed by atoms with Gasteiger partial charge < -0.3 is 5.11 Å². The molecule has 0 saturated carbocycles. The molecule has 0 N–H and O–H groups in total. The number of hydrogen-bond donors (Lipinski definition) is 0. The zero-order valence-electron chi connectivity index (χ0n) is 5.58. The van der Waals surface area contributed by atoms with Gasteiger partial charge in [0.2, 0.25) is 0 Å². The minimum absolute atomic E-state index is 0.0374. The van der Waals surface area contributed by atoms with Crippen molar-refractivity contribution in [3.05, 3.63) is 32.5 Å².